The smallest absolute Gasteiger partial charge is 0.268 e. The lowest BCUT2D eigenvalue weighted by Crippen LogP contribution is -2.44. The number of nitrogens with zero attached hydrogens (tertiary/aromatic N) is 4. The van der Waals surface area contributed by atoms with Crippen LogP contribution in [-0.4, -0.2) is 19.9 Å². The van der Waals surface area contributed by atoms with Crippen LogP contribution in [0, 0.1) is 6.92 Å². The van der Waals surface area contributed by atoms with E-state index in [1.54, 1.807) is 13.0 Å². The van der Waals surface area contributed by atoms with Crippen LogP contribution in [-0.2, 0) is 25.0 Å². The van der Waals surface area contributed by atoms with E-state index in [0.29, 0.717) is 18.4 Å². The Hall–Kier alpha value is -2.02. The molecule has 0 unspecified atom stereocenters. The second-order valence-electron chi connectivity index (χ2n) is 6.57. The van der Waals surface area contributed by atoms with Gasteiger partial charge in [-0.15, -0.1) is 0 Å². The molecule has 7 heteroatoms. The van der Waals surface area contributed by atoms with Crippen molar-refractivity contribution in [3.05, 3.63) is 39.4 Å². The first-order valence-electron chi connectivity index (χ1n) is 8.32. The Morgan fingerprint density at radius 3 is 2.87 bits per heavy atom. The zero-order valence-electron chi connectivity index (χ0n) is 13.3. The SMILES string of the molecule is Cc1nc(C2(NCn3nc4c(cc3=O)CCC4)CCCC2)no1. The third-order valence-electron chi connectivity index (χ3n) is 5.00. The molecule has 23 heavy (non-hydrogen) atoms. The molecule has 2 aromatic rings. The van der Waals surface area contributed by atoms with Crippen molar-refractivity contribution in [2.75, 3.05) is 0 Å². The lowest BCUT2D eigenvalue weighted by molar-refractivity contribution is 0.266. The van der Waals surface area contributed by atoms with Crippen molar-refractivity contribution in [1.29, 1.82) is 0 Å². The van der Waals surface area contributed by atoms with Crippen molar-refractivity contribution < 1.29 is 4.52 Å². The Kier molecular flexibility index (Phi) is 3.52. The van der Waals surface area contributed by atoms with Gasteiger partial charge in [0.1, 0.15) is 0 Å². The second-order valence-corrected chi connectivity index (χ2v) is 6.57. The first kappa shape index (κ1) is 14.6. The predicted molar refractivity (Wildman–Crippen MR) is 82.8 cm³/mol. The maximum atomic E-state index is 12.2. The summed E-state index contributed by atoms with van der Waals surface area (Å²) < 4.78 is 6.68. The van der Waals surface area contributed by atoms with Gasteiger partial charge in [0.25, 0.3) is 5.56 Å². The van der Waals surface area contributed by atoms with E-state index in [4.69, 9.17) is 4.52 Å². The van der Waals surface area contributed by atoms with Gasteiger partial charge in [0.15, 0.2) is 5.82 Å². The third kappa shape index (κ3) is 2.59. The Morgan fingerprint density at radius 2 is 2.13 bits per heavy atom. The van der Waals surface area contributed by atoms with Crippen LogP contribution in [0.15, 0.2) is 15.4 Å². The van der Waals surface area contributed by atoms with Crippen LogP contribution in [0.2, 0.25) is 0 Å². The van der Waals surface area contributed by atoms with E-state index < -0.39 is 0 Å². The van der Waals surface area contributed by atoms with Gasteiger partial charge >= 0.3 is 0 Å². The van der Waals surface area contributed by atoms with Crippen molar-refractivity contribution in [2.24, 2.45) is 0 Å². The average Bonchev–Trinajstić information content (AvgIpc) is 3.25. The number of hydrogen-bond donors (Lipinski definition) is 1. The van der Waals surface area contributed by atoms with E-state index in [-0.39, 0.29) is 11.1 Å². The highest BCUT2D eigenvalue weighted by molar-refractivity contribution is 5.22. The molecule has 0 atom stereocenters. The molecule has 2 aliphatic rings. The zero-order chi connectivity index (χ0) is 15.9. The van der Waals surface area contributed by atoms with Gasteiger partial charge in [-0.3, -0.25) is 10.1 Å². The van der Waals surface area contributed by atoms with E-state index in [0.717, 1.165) is 56.2 Å². The van der Waals surface area contributed by atoms with Gasteiger partial charge in [-0.1, -0.05) is 18.0 Å². The molecular weight excluding hydrogens is 294 g/mol. The fourth-order valence-corrected chi connectivity index (χ4v) is 3.73. The van der Waals surface area contributed by atoms with Crippen LogP contribution in [0.3, 0.4) is 0 Å². The number of aryl methyl sites for hydroxylation is 3. The Bertz CT molecular complexity index is 773. The zero-order valence-corrected chi connectivity index (χ0v) is 13.3. The number of nitrogens with one attached hydrogen (secondary N) is 1. The average molecular weight is 315 g/mol. The van der Waals surface area contributed by atoms with Crippen LogP contribution < -0.4 is 10.9 Å². The molecule has 2 heterocycles. The molecule has 4 rings (SSSR count). The molecule has 0 aliphatic heterocycles. The summed E-state index contributed by atoms with van der Waals surface area (Å²) in [6.07, 6.45) is 7.16. The third-order valence-corrected chi connectivity index (χ3v) is 5.00. The van der Waals surface area contributed by atoms with Gasteiger partial charge in [-0.25, -0.2) is 4.68 Å². The molecule has 1 fully saturated rings. The molecule has 7 nitrogen and oxygen atoms in total. The van der Waals surface area contributed by atoms with E-state index in [1.165, 1.54) is 4.68 Å². The molecule has 0 amide bonds. The van der Waals surface area contributed by atoms with E-state index in [9.17, 15) is 4.79 Å². The van der Waals surface area contributed by atoms with Crippen molar-refractivity contribution >= 4 is 0 Å². The summed E-state index contributed by atoms with van der Waals surface area (Å²) in [5.74, 6) is 1.27. The minimum Gasteiger partial charge on any atom is -0.340 e. The lowest BCUT2D eigenvalue weighted by Gasteiger charge is -2.27. The maximum Gasteiger partial charge on any atom is 0.268 e. The van der Waals surface area contributed by atoms with E-state index in [2.05, 4.69) is 20.6 Å². The standard InChI is InChI=1S/C16H21N5O2/c1-11-18-15(20-23-11)16(7-2-3-8-16)17-10-21-14(22)9-12-5-4-6-13(12)19-21/h9,17H,2-8,10H2,1H3. The maximum absolute atomic E-state index is 12.2. The fraction of sp³-hybridized carbons (Fsp3) is 0.625. The van der Waals surface area contributed by atoms with Crippen LogP contribution in [0.25, 0.3) is 0 Å². The van der Waals surface area contributed by atoms with Crippen molar-refractivity contribution in [1.82, 2.24) is 25.2 Å². The normalized spacial score (nSPS) is 19.2. The topological polar surface area (TPSA) is 85.8 Å². The Morgan fingerprint density at radius 1 is 1.30 bits per heavy atom. The van der Waals surface area contributed by atoms with E-state index in [1.807, 2.05) is 0 Å². The van der Waals surface area contributed by atoms with Gasteiger partial charge in [0, 0.05) is 13.0 Å². The molecule has 2 aromatic heterocycles. The molecule has 0 aromatic carbocycles. The van der Waals surface area contributed by atoms with Crippen LogP contribution in [0.5, 0.6) is 0 Å². The quantitative estimate of drug-likeness (QED) is 0.919. The molecule has 0 saturated heterocycles. The number of fused-ring (bicyclic) bond motifs is 1. The lowest BCUT2D eigenvalue weighted by atomic mass is 9.97. The Balaban J connectivity index is 1.58. The highest BCUT2D eigenvalue weighted by Crippen LogP contribution is 2.37. The number of aromatic nitrogens is 4. The van der Waals surface area contributed by atoms with Crippen LogP contribution in [0.4, 0.5) is 0 Å². The summed E-state index contributed by atoms with van der Waals surface area (Å²) in [4.78, 5) is 16.6. The fourth-order valence-electron chi connectivity index (χ4n) is 3.73. The Labute approximate surface area is 134 Å². The number of hydrogen-bond acceptors (Lipinski definition) is 6. The summed E-state index contributed by atoms with van der Waals surface area (Å²) in [7, 11) is 0. The molecule has 122 valence electrons. The predicted octanol–water partition coefficient (Wildman–Crippen LogP) is 1.44. The monoisotopic (exact) mass is 315 g/mol. The summed E-state index contributed by atoms with van der Waals surface area (Å²) in [6.45, 7) is 2.17. The highest BCUT2D eigenvalue weighted by atomic mass is 16.5. The second kappa shape index (κ2) is 5.56. The molecule has 0 spiro atoms. The molecule has 1 saturated carbocycles. The number of rotatable bonds is 4. The molecule has 2 aliphatic carbocycles. The summed E-state index contributed by atoms with van der Waals surface area (Å²) >= 11 is 0. The van der Waals surface area contributed by atoms with Crippen molar-refractivity contribution in [3.8, 4) is 0 Å². The summed E-state index contributed by atoms with van der Waals surface area (Å²) in [5, 5.41) is 12.1. The van der Waals surface area contributed by atoms with Gasteiger partial charge in [-0.2, -0.15) is 10.1 Å². The van der Waals surface area contributed by atoms with Crippen molar-refractivity contribution in [3.63, 3.8) is 0 Å². The first-order valence-corrected chi connectivity index (χ1v) is 8.32. The van der Waals surface area contributed by atoms with Gasteiger partial charge in [-0.05, 0) is 37.7 Å². The highest BCUT2D eigenvalue weighted by Gasteiger charge is 2.39. The van der Waals surface area contributed by atoms with Gasteiger partial charge in [0.05, 0.1) is 17.9 Å². The minimum absolute atomic E-state index is 0.0458. The first-order chi connectivity index (χ1) is 11.2. The molecular formula is C16H21N5O2. The van der Waals surface area contributed by atoms with Gasteiger partial charge in [0.2, 0.25) is 5.89 Å². The summed E-state index contributed by atoms with van der Waals surface area (Å²) in [5.41, 5.74) is 1.81. The largest absolute Gasteiger partial charge is 0.340 e. The summed E-state index contributed by atoms with van der Waals surface area (Å²) in [6, 6.07) is 1.73. The van der Waals surface area contributed by atoms with Gasteiger partial charge < -0.3 is 4.52 Å². The van der Waals surface area contributed by atoms with Crippen LogP contribution >= 0.6 is 0 Å². The molecule has 1 N–H and O–H groups in total. The minimum atomic E-state index is -0.308. The molecule has 0 radical (unpaired) electrons. The van der Waals surface area contributed by atoms with Crippen LogP contribution in [0.1, 0.15) is 55.1 Å². The van der Waals surface area contributed by atoms with E-state index >= 15 is 0 Å². The van der Waals surface area contributed by atoms with Crippen molar-refractivity contribution in [2.45, 2.75) is 64.1 Å². The molecule has 0 bridgehead atoms.